The van der Waals surface area contributed by atoms with E-state index in [1.807, 2.05) is 13.0 Å². The van der Waals surface area contributed by atoms with Crippen LogP contribution in [0.15, 0.2) is 64.6 Å². The van der Waals surface area contributed by atoms with Crippen molar-refractivity contribution in [1.82, 2.24) is 0 Å². The third-order valence-electron chi connectivity index (χ3n) is 4.85. The molecule has 0 atom stereocenters. The second-order valence-corrected chi connectivity index (χ2v) is 9.11. The molecule has 0 aliphatic carbocycles. The number of carbonyl (C=O) groups is 2. The lowest BCUT2D eigenvalue weighted by atomic mass is 10.1. The van der Waals surface area contributed by atoms with Gasteiger partial charge in [-0.3, -0.25) is 9.59 Å². The van der Waals surface area contributed by atoms with E-state index in [4.69, 9.17) is 32.7 Å². The van der Waals surface area contributed by atoms with Crippen LogP contribution in [0.4, 0.5) is 11.4 Å². The number of hydrogen-bond acceptors (Lipinski definition) is 5. The first kappa shape index (κ1) is 27.1. The first-order valence-corrected chi connectivity index (χ1v) is 12.0. The number of anilines is 2. The number of carbonyl (C=O) groups excluding carboxylic acids is 2. The van der Waals surface area contributed by atoms with Crippen LogP contribution in [0.5, 0.6) is 11.5 Å². The van der Waals surface area contributed by atoms with Crippen LogP contribution in [0.2, 0.25) is 10.0 Å². The highest BCUT2D eigenvalue weighted by Crippen LogP contribution is 2.37. The van der Waals surface area contributed by atoms with E-state index in [9.17, 15) is 14.9 Å². The third kappa shape index (κ3) is 7.01. The number of ether oxygens (including phenoxy) is 2. The Hall–Kier alpha value is -3.51. The van der Waals surface area contributed by atoms with Crippen LogP contribution in [0.25, 0.3) is 6.08 Å². The molecule has 0 saturated heterocycles. The van der Waals surface area contributed by atoms with Gasteiger partial charge in [-0.1, -0.05) is 41.4 Å². The van der Waals surface area contributed by atoms with Gasteiger partial charge in [0.05, 0.1) is 22.3 Å². The Balaban J connectivity index is 1.74. The van der Waals surface area contributed by atoms with E-state index in [1.54, 1.807) is 54.6 Å². The maximum absolute atomic E-state index is 12.6. The molecule has 3 aromatic rings. The van der Waals surface area contributed by atoms with Crippen LogP contribution in [-0.2, 0) is 9.59 Å². The van der Waals surface area contributed by atoms with E-state index in [2.05, 4.69) is 26.6 Å². The standard InChI is InChI=1S/C26H20BrCl2N3O4/c1-15-7-8-18(12-21(15)29)31-24(33)14-36-25-19(27)10-16(11-23(25)35-2)9-17(13-30)26(34)32-22-6-4-3-5-20(22)28/h3-12H,14H2,1-2H3,(H,31,33)(H,32,34)/b17-9+. The number of halogens is 3. The molecule has 3 aromatic carbocycles. The van der Waals surface area contributed by atoms with Gasteiger partial charge in [-0.2, -0.15) is 5.26 Å². The van der Waals surface area contributed by atoms with Gasteiger partial charge in [0, 0.05) is 10.7 Å². The topological polar surface area (TPSA) is 100 Å². The third-order valence-corrected chi connectivity index (χ3v) is 6.18. The summed E-state index contributed by atoms with van der Waals surface area (Å²) in [7, 11) is 1.44. The number of benzene rings is 3. The van der Waals surface area contributed by atoms with Gasteiger partial charge in [0.1, 0.15) is 11.6 Å². The fraction of sp³-hybridized carbons (Fsp3) is 0.115. The Kier molecular flexibility index (Phi) is 9.37. The van der Waals surface area contributed by atoms with Gasteiger partial charge in [-0.25, -0.2) is 0 Å². The molecule has 0 aliphatic heterocycles. The van der Waals surface area contributed by atoms with Crippen molar-refractivity contribution in [2.45, 2.75) is 6.92 Å². The minimum Gasteiger partial charge on any atom is -0.493 e. The fourth-order valence-corrected chi connectivity index (χ4v) is 3.97. The van der Waals surface area contributed by atoms with Crippen molar-refractivity contribution in [2.24, 2.45) is 0 Å². The Morgan fingerprint density at radius 1 is 1.08 bits per heavy atom. The van der Waals surface area contributed by atoms with Crippen molar-refractivity contribution in [2.75, 3.05) is 24.4 Å². The van der Waals surface area contributed by atoms with Gasteiger partial charge in [-0.15, -0.1) is 0 Å². The van der Waals surface area contributed by atoms with E-state index >= 15 is 0 Å². The zero-order chi connectivity index (χ0) is 26.2. The molecule has 0 saturated carbocycles. The van der Waals surface area contributed by atoms with Gasteiger partial charge in [0.25, 0.3) is 11.8 Å². The van der Waals surface area contributed by atoms with Gasteiger partial charge in [0.15, 0.2) is 18.1 Å². The Labute approximate surface area is 226 Å². The summed E-state index contributed by atoms with van der Waals surface area (Å²) in [5.74, 6) is -0.430. The maximum Gasteiger partial charge on any atom is 0.266 e. The van der Waals surface area contributed by atoms with Crippen LogP contribution >= 0.6 is 39.1 Å². The van der Waals surface area contributed by atoms with Gasteiger partial charge >= 0.3 is 0 Å². The van der Waals surface area contributed by atoms with Crippen LogP contribution in [0, 0.1) is 18.3 Å². The van der Waals surface area contributed by atoms with E-state index in [0.29, 0.717) is 37.2 Å². The molecule has 2 amide bonds. The molecule has 0 aromatic heterocycles. The molecule has 3 rings (SSSR count). The number of nitrogens with zero attached hydrogens (tertiary/aromatic N) is 1. The van der Waals surface area contributed by atoms with E-state index in [-0.39, 0.29) is 17.9 Å². The number of methoxy groups -OCH3 is 1. The van der Waals surface area contributed by atoms with Gasteiger partial charge < -0.3 is 20.1 Å². The van der Waals surface area contributed by atoms with Crippen molar-refractivity contribution < 1.29 is 19.1 Å². The molecule has 0 bridgehead atoms. The molecule has 10 heteroatoms. The zero-order valence-corrected chi connectivity index (χ0v) is 22.3. The van der Waals surface area contributed by atoms with Crippen molar-refractivity contribution in [1.29, 1.82) is 5.26 Å². The van der Waals surface area contributed by atoms with Crippen LogP contribution in [0.1, 0.15) is 11.1 Å². The summed E-state index contributed by atoms with van der Waals surface area (Å²) >= 11 is 15.6. The SMILES string of the molecule is COc1cc(/C=C(\C#N)C(=O)Nc2ccccc2Cl)cc(Br)c1OCC(=O)Nc1ccc(C)c(Cl)c1. The number of para-hydroxylation sites is 1. The summed E-state index contributed by atoms with van der Waals surface area (Å²) in [6.07, 6.45) is 1.40. The van der Waals surface area contributed by atoms with E-state index < -0.39 is 11.8 Å². The summed E-state index contributed by atoms with van der Waals surface area (Å²) in [6.45, 7) is 1.57. The van der Waals surface area contributed by atoms with Crippen molar-refractivity contribution in [3.05, 3.63) is 85.8 Å². The Morgan fingerprint density at radius 2 is 1.83 bits per heavy atom. The summed E-state index contributed by atoms with van der Waals surface area (Å²) in [5.41, 5.74) is 2.18. The number of nitrogens with one attached hydrogen (secondary N) is 2. The number of hydrogen-bond donors (Lipinski definition) is 2. The predicted molar refractivity (Wildman–Crippen MR) is 145 cm³/mol. The van der Waals surface area contributed by atoms with Crippen LogP contribution in [-0.4, -0.2) is 25.5 Å². The van der Waals surface area contributed by atoms with Crippen molar-refractivity contribution in [3.8, 4) is 17.6 Å². The molecular formula is C26H20BrCl2N3O4. The number of aryl methyl sites for hydroxylation is 1. The average Bonchev–Trinajstić information content (AvgIpc) is 2.85. The highest BCUT2D eigenvalue weighted by molar-refractivity contribution is 9.10. The molecule has 184 valence electrons. The Morgan fingerprint density at radius 3 is 2.50 bits per heavy atom. The number of nitriles is 1. The van der Waals surface area contributed by atoms with E-state index in [1.165, 1.54) is 13.2 Å². The molecule has 0 spiro atoms. The molecular weight excluding hydrogens is 569 g/mol. The number of rotatable bonds is 8. The zero-order valence-electron chi connectivity index (χ0n) is 19.2. The summed E-state index contributed by atoms with van der Waals surface area (Å²) < 4.78 is 11.5. The van der Waals surface area contributed by atoms with Crippen LogP contribution < -0.4 is 20.1 Å². The molecule has 0 radical (unpaired) electrons. The predicted octanol–water partition coefficient (Wildman–Crippen LogP) is 6.64. The van der Waals surface area contributed by atoms with Crippen molar-refractivity contribution >= 4 is 68.4 Å². The summed E-state index contributed by atoms with van der Waals surface area (Å²) in [5, 5.41) is 15.7. The maximum atomic E-state index is 12.6. The molecule has 0 aliphatic rings. The van der Waals surface area contributed by atoms with E-state index in [0.717, 1.165) is 5.56 Å². The highest BCUT2D eigenvalue weighted by Gasteiger charge is 2.16. The average molecular weight is 589 g/mol. The minimum atomic E-state index is -0.617. The molecule has 0 unspecified atom stereocenters. The highest BCUT2D eigenvalue weighted by atomic mass is 79.9. The fourth-order valence-electron chi connectivity index (χ4n) is 3.04. The molecule has 2 N–H and O–H groups in total. The molecule has 36 heavy (non-hydrogen) atoms. The second-order valence-electron chi connectivity index (χ2n) is 7.44. The normalized spacial score (nSPS) is 10.8. The smallest absolute Gasteiger partial charge is 0.266 e. The number of amides is 2. The second kappa shape index (κ2) is 12.5. The van der Waals surface area contributed by atoms with Crippen LogP contribution in [0.3, 0.4) is 0 Å². The monoisotopic (exact) mass is 587 g/mol. The van der Waals surface area contributed by atoms with Gasteiger partial charge in [0.2, 0.25) is 0 Å². The lowest BCUT2D eigenvalue weighted by molar-refractivity contribution is -0.118. The molecule has 0 fully saturated rings. The quantitative estimate of drug-likeness (QED) is 0.227. The summed E-state index contributed by atoms with van der Waals surface area (Å²) in [6, 6.07) is 17.0. The minimum absolute atomic E-state index is 0.145. The Bertz CT molecular complexity index is 1390. The lowest BCUT2D eigenvalue weighted by Gasteiger charge is -2.14. The molecule has 7 nitrogen and oxygen atoms in total. The molecule has 0 heterocycles. The largest absolute Gasteiger partial charge is 0.493 e. The van der Waals surface area contributed by atoms with Crippen molar-refractivity contribution in [3.63, 3.8) is 0 Å². The first-order valence-electron chi connectivity index (χ1n) is 10.5. The lowest BCUT2D eigenvalue weighted by Crippen LogP contribution is -2.20. The summed E-state index contributed by atoms with van der Waals surface area (Å²) in [4.78, 5) is 25.0. The van der Waals surface area contributed by atoms with Gasteiger partial charge in [-0.05, 0) is 76.5 Å². The first-order chi connectivity index (χ1) is 17.2.